The van der Waals surface area contributed by atoms with Crippen molar-refractivity contribution in [3.05, 3.63) is 54.6 Å². The van der Waals surface area contributed by atoms with Crippen LogP contribution in [-0.4, -0.2) is 5.78 Å². The van der Waals surface area contributed by atoms with Gasteiger partial charge in [-0.05, 0) is 46.3 Å². The van der Waals surface area contributed by atoms with Gasteiger partial charge in [-0.1, -0.05) is 23.2 Å². The summed E-state index contributed by atoms with van der Waals surface area (Å²) in [6.07, 6.45) is 0. The Kier molecular flexibility index (Phi) is 3.70. The average Bonchev–Trinajstić information content (AvgIpc) is 2.59. The maximum atomic E-state index is 12.0. The van der Waals surface area contributed by atoms with E-state index in [1.54, 1.807) is 30.3 Å². The van der Waals surface area contributed by atoms with Gasteiger partial charge in [-0.25, -0.2) is 0 Å². The van der Waals surface area contributed by atoms with Gasteiger partial charge in [-0.2, -0.15) is 0 Å². The number of hydrogen-bond acceptors (Lipinski definition) is 2. The molecular formula is C11H5BrCl2OS. The molecule has 0 saturated heterocycles. The fraction of sp³-hybridized carbons (Fsp3) is 0. The van der Waals surface area contributed by atoms with Gasteiger partial charge in [0.05, 0.1) is 13.7 Å². The van der Waals surface area contributed by atoms with E-state index in [1.165, 1.54) is 11.3 Å². The van der Waals surface area contributed by atoms with E-state index in [0.717, 1.165) is 3.79 Å². The Hall–Kier alpha value is -0.350. The minimum Gasteiger partial charge on any atom is -0.288 e. The van der Waals surface area contributed by atoms with Crippen LogP contribution in [-0.2, 0) is 0 Å². The Morgan fingerprint density at radius 3 is 2.31 bits per heavy atom. The molecule has 0 N–H and O–H groups in total. The van der Waals surface area contributed by atoms with Crippen molar-refractivity contribution in [1.29, 1.82) is 0 Å². The minimum atomic E-state index is -0.0470. The summed E-state index contributed by atoms with van der Waals surface area (Å²) in [5, 5.41) is 1.17. The number of carbonyl (C=O) groups excluding carboxylic acids is 1. The maximum Gasteiger partial charge on any atom is 0.203 e. The number of halogens is 3. The van der Waals surface area contributed by atoms with Crippen molar-refractivity contribution < 1.29 is 4.79 Å². The molecule has 0 bridgehead atoms. The number of benzene rings is 1. The highest BCUT2D eigenvalue weighted by atomic mass is 79.9. The zero-order valence-electron chi connectivity index (χ0n) is 7.84. The highest BCUT2D eigenvalue weighted by Gasteiger charge is 2.13. The predicted octanol–water partition coefficient (Wildman–Crippen LogP) is 5.05. The van der Waals surface area contributed by atoms with Crippen LogP contribution in [0.25, 0.3) is 0 Å². The number of rotatable bonds is 2. The molecule has 2 aromatic rings. The molecule has 0 saturated carbocycles. The molecule has 0 amide bonds. The summed E-state index contributed by atoms with van der Waals surface area (Å²) in [4.78, 5) is 12.6. The lowest BCUT2D eigenvalue weighted by molar-refractivity contribution is 0.104. The standard InChI is InChI=1S/C11H5BrCl2OS/c12-11-8(14)5-9(16-11)10(15)6-1-3-7(13)4-2-6/h1-5H. The van der Waals surface area contributed by atoms with E-state index in [4.69, 9.17) is 23.2 Å². The van der Waals surface area contributed by atoms with Gasteiger partial charge in [0, 0.05) is 10.6 Å². The molecule has 0 aliphatic rings. The molecule has 0 unspecified atom stereocenters. The molecule has 5 heteroatoms. The second-order valence-electron chi connectivity index (χ2n) is 3.07. The van der Waals surface area contributed by atoms with E-state index in [1.807, 2.05) is 0 Å². The third kappa shape index (κ3) is 2.48. The number of carbonyl (C=O) groups is 1. The van der Waals surface area contributed by atoms with Gasteiger partial charge < -0.3 is 0 Å². The average molecular weight is 336 g/mol. The Labute approximate surface area is 115 Å². The summed E-state index contributed by atoms with van der Waals surface area (Å²) in [5.74, 6) is -0.0470. The summed E-state index contributed by atoms with van der Waals surface area (Å²) in [5.41, 5.74) is 0.606. The van der Waals surface area contributed by atoms with Crippen LogP contribution < -0.4 is 0 Å². The quantitative estimate of drug-likeness (QED) is 0.702. The van der Waals surface area contributed by atoms with Gasteiger partial charge in [-0.3, -0.25) is 4.79 Å². The third-order valence-corrected chi connectivity index (χ3v) is 4.70. The molecule has 16 heavy (non-hydrogen) atoms. The van der Waals surface area contributed by atoms with E-state index in [9.17, 15) is 4.79 Å². The number of ketones is 1. The molecule has 1 aromatic carbocycles. The van der Waals surface area contributed by atoms with Crippen LogP contribution in [0.4, 0.5) is 0 Å². The van der Waals surface area contributed by atoms with Gasteiger partial charge in [0.1, 0.15) is 0 Å². The molecule has 0 aliphatic carbocycles. The second kappa shape index (κ2) is 4.88. The van der Waals surface area contributed by atoms with Crippen LogP contribution in [0, 0.1) is 0 Å². The molecular weight excluding hydrogens is 331 g/mol. The zero-order chi connectivity index (χ0) is 11.7. The molecule has 0 radical (unpaired) electrons. The van der Waals surface area contributed by atoms with Crippen LogP contribution in [0.1, 0.15) is 15.2 Å². The SMILES string of the molecule is O=C(c1ccc(Cl)cc1)c1cc(Cl)c(Br)s1. The van der Waals surface area contributed by atoms with Crippen LogP contribution >= 0.6 is 50.5 Å². The molecule has 1 nitrogen and oxygen atoms in total. The zero-order valence-corrected chi connectivity index (χ0v) is 11.8. The Balaban J connectivity index is 2.35. The van der Waals surface area contributed by atoms with Gasteiger partial charge in [0.25, 0.3) is 0 Å². The topological polar surface area (TPSA) is 17.1 Å². The molecule has 0 aliphatic heterocycles. The Morgan fingerprint density at radius 1 is 1.19 bits per heavy atom. The molecule has 0 spiro atoms. The summed E-state index contributed by atoms with van der Waals surface area (Å²) in [6, 6.07) is 8.45. The number of thiophene rings is 1. The second-order valence-corrected chi connectivity index (χ2v) is 6.28. The summed E-state index contributed by atoms with van der Waals surface area (Å²) < 4.78 is 0.770. The van der Waals surface area contributed by atoms with Crippen LogP contribution in [0.5, 0.6) is 0 Å². The predicted molar refractivity (Wildman–Crippen MR) is 71.9 cm³/mol. The van der Waals surface area contributed by atoms with Crippen LogP contribution in [0.2, 0.25) is 10.0 Å². The first-order valence-corrected chi connectivity index (χ1v) is 6.69. The summed E-state index contributed by atoms with van der Waals surface area (Å²) in [6.45, 7) is 0. The highest BCUT2D eigenvalue weighted by Crippen LogP contribution is 2.33. The molecule has 1 aromatic heterocycles. The first-order valence-electron chi connectivity index (χ1n) is 4.33. The molecule has 0 atom stereocenters. The van der Waals surface area contributed by atoms with E-state index in [2.05, 4.69) is 15.9 Å². The van der Waals surface area contributed by atoms with Gasteiger partial charge >= 0.3 is 0 Å². The van der Waals surface area contributed by atoms with Crippen molar-refractivity contribution in [2.24, 2.45) is 0 Å². The van der Waals surface area contributed by atoms with Gasteiger partial charge in [-0.15, -0.1) is 11.3 Å². The first kappa shape index (κ1) is 12.1. The lowest BCUT2D eigenvalue weighted by atomic mass is 10.1. The fourth-order valence-electron chi connectivity index (χ4n) is 1.20. The maximum absolute atomic E-state index is 12.0. The summed E-state index contributed by atoms with van der Waals surface area (Å²) in [7, 11) is 0. The smallest absolute Gasteiger partial charge is 0.203 e. The van der Waals surface area contributed by atoms with Gasteiger partial charge in [0.15, 0.2) is 0 Å². The Morgan fingerprint density at radius 2 is 1.81 bits per heavy atom. The lowest BCUT2D eigenvalue weighted by Gasteiger charge is -1.97. The van der Waals surface area contributed by atoms with E-state index >= 15 is 0 Å². The monoisotopic (exact) mass is 334 g/mol. The van der Waals surface area contributed by atoms with E-state index in [0.29, 0.717) is 20.5 Å². The molecule has 2 rings (SSSR count). The van der Waals surface area contributed by atoms with Crippen LogP contribution in [0.3, 0.4) is 0 Å². The van der Waals surface area contributed by atoms with E-state index in [-0.39, 0.29) is 5.78 Å². The lowest BCUT2D eigenvalue weighted by Crippen LogP contribution is -1.97. The normalized spacial score (nSPS) is 10.4. The molecule has 0 fully saturated rings. The Bertz CT molecular complexity index is 514. The van der Waals surface area contributed by atoms with Crippen molar-refractivity contribution in [2.45, 2.75) is 0 Å². The number of hydrogen-bond donors (Lipinski definition) is 0. The van der Waals surface area contributed by atoms with E-state index < -0.39 is 0 Å². The van der Waals surface area contributed by atoms with Crippen molar-refractivity contribution >= 4 is 56.3 Å². The van der Waals surface area contributed by atoms with Crippen molar-refractivity contribution in [3.63, 3.8) is 0 Å². The van der Waals surface area contributed by atoms with Crippen molar-refractivity contribution in [2.75, 3.05) is 0 Å². The fourth-order valence-corrected chi connectivity index (χ4v) is 2.99. The van der Waals surface area contributed by atoms with Crippen molar-refractivity contribution in [3.8, 4) is 0 Å². The minimum absolute atomic E-state index is 0.0470. The van der Waals surface area contributed by atoms with Gasteiger partial charge in [0.2, 0.25) is 5.78 Å². The largest absolute Gasteiger partial charge is 0.288 e. The third-order valence-electron chi connectivity index (χ3n) is 1.98. The first-order chi connectivity index (χ1) is 7.58. The molecule has 1 heterocycles. The molecule has 82 valence electrons. The van der Waals surface area contributed by atoms with Crippen molar-refractivity contribution in [1.82, 2.24) is 0 Å². The highest BCUT2D eigenvalue weighted by molar-refractivity contribution is 9.11. The van der Waals surface area contributed by atoms with Crippen LogP contribution in [0.15, 0.2) is 34.1 Å². The summed E-state index contributed by atoms with van der Waals surface area (Å²) >= 11 is 16.2.